The van der Waals surface area contributed by atoms with Crippen molar-refractivity contribution in [1.29, 1.82) is 5.26 Å². The third kappa shape index (κ3) is 1.95. The zero-order valence-corrected chi connectivity index (χ0v) is 9.99. The summed E-state index contributed by atoms with van der Waals surface area (Å²) in [6, 6.07) is 8.45. The van der Waals surface area contributed by atoms with Crippen LogP contribution in [0.1, 0.15) is 11.8 Å². The van der Waals surface area contributed by atoms with E-state index < -0.39 is 0 Å². The van der Waals surface area contributed by atoms with Crippen LogP contribution in [-0.2, 0) is 0 Å². The van der Waals surface area contributed by atoms with Gasteiger partial charge in [0.05, 0.1) is 11.1 Å². The quantitative estimate of drug-likeness (QED) is 0.683. The van der Waals surface area contributed by atoms with Crippen LogP contribution in [0.25, 0.3) is 15.1 Å². The molecule has 80 valence electrons. The Balaban J connectivity index is 2.61. The molecule has 0 saturated heterocycles. The summed E-state index contributed by atoms with van der Waals surface area (Å²) in [6.45, 7) is 1.66. The summed E-state index contributed by atoms with van der Waals surface area (Å²) >= 11 is 7.42. The van der Waals surface area contributed by atoms with Gasteiger partial charge in [-0.25, -0.2) is 4.39 Å². The Bertz CT molecular complexity index is 621. The Hall–Kier alpha value is -1.37. The lowest BCUT2D eigenvalue weighted by Crippen LogP contribution is -1.73. The number of rotatable bonds is 1. The lowest BCUT2D eigenvalue weighted by molar-refractivity contribution is 0.630. The van der Waals surface area contributed by atoms with Crippen LogP contribution in [0.5, 0.6) is 0 Å². The van der Waals surface area contributed by atoms with Gasteiger partial charge in [0.25, 0.3) is 0 Å². The van der Waals surface area contributed by atoms with Crippen LogP contribution in [0.2, 0.25) is 0 Å². The largest absolute Gasteiger partial charge is 0.207 e. The van der Waals surface area contributed by atoms with Crippen molar-refractivity contribution in [2.75, 3.05) is 0 Å². The number of hydrogen-bond donors (Lipinski definition) is 0. The Morgan fingerprint density at radius 1 is 1.44 bits per heavy atom. The van der Waals surface area contributed by atoms with E-state index in [9.17, 15) is 4.39 Å². The van der Waals surface area contributed by atoms with Gasteiger partial charge in [-0.05, 0) is 30.5 Å². The van der Waals surface area contributed by atoms with Gasteiger partial charge in [0, 0.05) is 15.2 Å². The highest BCUT2D eigenvalue weighted by Gasteiger charge is 2.08. The number of nitrogens with zero attached hydrogens (tertiary/aromatic N) is 1. The number of thiophene rings is 1. The predicted octanol–water partition coefficient (Wildman–Crippen LogP) is 4.53. The summed E-state index contributed by atoms with van der Waals surface area (Å²) in [5, 5.41) is 10.1. The van der Waals surface area contributed by atoms with E-state index in [-0.39, 0.29) is 5.82 Å². The molecule has 0 N–H and O–H groups in total. The van der Waals surface area contributed by atoms with Crippen LogP contribution < -0.4 is 0 Å². The average Bonchev–Trinajstić information content (AvgIpc) is 2.69. The molecule has 0 aliphatic carbocycles. The molecule has 4 heteroatoms. The Morgan fingerprint density at radius 2 is 2.19 bits per heavy atom. The van der Waals surface area contributed by atoms with Crippen LogP contribution in [0.3, 0.4) is 0 Å². The van der Waals surface area contributed by atoms with E-state index in [1.165, 1.54) is 23.5 Å². The summed E-state index contributed by atoms with van der Waals surface area (Å²) < 4.78 is 13.8. The van der Waals surface area contributed by atoms with Crippen molar-refractivity contribution in [1.82, 2.24) is 0 Å². The van der Waals surface area contributed by atoms with Crippen molar-refractivity contribution in [2.45, 2.75) is 6.92 Å². The van der Waals surface area contributed by atoms with E-state index in [0.717, 1.165) is 15.0 Å². The second-order valence-electron chi connectivity index (χ2n) is 3.34. The molecule has 0 spiro atoms. The number of allylic oxidation sites excluding steroid dienone is 1. The molecular formula is C12H7ClFNS. The first kappa shape index (κ1) is 11.1. The zero-order chi connectivity index (χ0) is 11.7. The van der Waals surface area contributed by atoms with Crippen LogP contribution in [0.4, 0.5) is 4.39 Å². The van der Waals surface area contributed by atoms with Crippen molar-refractivity contribution < 1.29 is 4.39 Å². The van der Waals surface area contributed by atoms with Gasteiger partial charge in [0.2, 0.25) is 0 Å². The van der Waals surface area contributed by atoms with E-state index in [1.807, 2.05) is 12.1 Å². The second kappa shape index (κ2) is 4.25. The normalized spacial score (nSPS) is 12.4. The zero-order valence-electron chi connectivity index (χ0n) is 8.42. The molecule has 1 nitrogen and oxygen atoms in total. The average molecular weight is 252 g/mol. The van der Waals surface area contributed by atoms with Crippen molar-refractivity contribution in [2.24, 2.45) is 0 Å². The molecule has 1 aromatic carbocycles. The summed E-state index contributed by atoms with van der Waals surface area (Å²) in [4.78, 5) is 0.793. The van der Waals surface area contributed by atoms with Crippen LogP contribution in [0.15, 0.2) is 29.8 Å². The lowest BCUT2D eigenvalue weighted by Gasteiger charge is -1.92. The molecule has 0 radical (unpaired) electrons. The minimum absolute atomic E-state index is 0.266. The SMILES string of the molecule is C/C(C#N)=C(/Cl)c1cc2ccc(F)cc2s1. The van der Waals surface area contributed by atoms with Gasteiger partial charge in [-0.15, -0.1) is 11.3 Å². The highest BCUT2D eigenvalue weighted by Crippen LogP contribution is 2.34. The summed E-state index contributed by atoms with van der Waals surface area (Å²) in [7, 11) is 0. The minimum Gasteiger partial charge on any atom is -0.207 e. The van der Waals surface area contributed by atoms with Gasteiger partial charge >= 0.3 is 0 Å². The van der Waals surface area contributed by atoms with E-state index in [1.54, 1.807) is 13.0 Å². The standard InChI is InChI=1S/C12H7ClFNS/c1-7(6-15)12(13)11-4-8-2-3-9(14)5-10(8)16-11/h2-5H,1H3/b12-7-. The van der Waals surface area contributed by atoms with Crippen molar-refractivity contribution >= 4 is 38.1 Å². The first-order valence-corrected chi connectivity index (χ1v) is 5.77. The summed E-state index contributed by atoms with van der Waals surface area (Å²) in [5.41, 5.74) is 0.466. The highest BCUT2D eigenvalue weighted by molar-refractivity contribution is 7.20. The Morgan fingerprint density at radius 3 is 2.88 bits per heavy atom. The minimum atomic E-state index is -0.266. The fraction of sp³-hybridized carbons (Fsp3) is 0.0833. The Labute approximate surface area is 101 Å². The molecule has 16 heavy (non-hydrogen) atoms. The summed E-state index contributed by atoms with van der Waals surface area (Å²) in [5.74, 6) is -0.266. The molecule has 0 bridgehead atoms. The predicted molar refractivity (Wildman–Crippen MR) is 65.8 cm³/mol. The molecule has 0 fully saturated rings. The van der Waals surface area contributed by atoms with Gasteiger partial charge in [0.1, 0.15) is 5.82 Å². The molecule has 0 aliphatic heterocycles. The maximum atomic E-state index is 13.0. The Kier molecular flexibility index (Phi) is 2.95. The monoisotopic (exact) mass is 251 g/mol. The van der Waals surface area contributed by atoms with E-state index in [4.69, 9.17) is 16.9 Å². The van der Waals surface area contributed by atoms with E-state index >= 15 is 0 Å². The fourth-order valence-corrected chi connectivity index (χ4v) is 2.64. The van der Waals surface area contributed by atoms with Crippen molar-refractivity contribution in [3.63, 3.8) is 0 Å². The molecule has 0 unspecified atom stereocenters. The first-order valence-electron chi connectivity index (χ1n) is 4.58. The maximum Gasteiger partial charge on any atom is 0.124 e. The van der Waals surface area contributed by atoms with Gasteiger partial charge < -0.3 is 0 Å². The fourth-order valence-electron chi connectivity index (χ4n) is 1.35. The molecule has 0 aliphatic rings. The van der Waals surface area contributed by atoms with Crippen LogP contribution >= 0.6 is 22.9 Å². The molecular weight excluding hydrogens is 245 g/mol. The summed E-state index contributed by atoms with van der Waals surface area (Å²) in [6.07, 6.45) is 0. The van der Waals surface area contributed by atoms with Crippen molar-refractivity contribution in [3.8, 4) is 6.07 Å². The number of halogens is 2. The number of benzene rings is 1. The molecule has 0 saturated carbocycles. The van der Waals surface area contributed by atoms with Crippen LogP contribution in [-0.4, -0.2) is 0 Å². The lowest BCUT2D eigenvalue weighted by atomic mass is 10.2. The first-order chi connectivity index (χ1) is 7.61. The van der Waals surface area contributed by atoms with Crippen LogP contribution in [0, 0.1) is 17.1 Å². The van der Waals surface area contributed by atoms with Crippen molar-refractivity contribution in [3.05, 3.63) is 40.5 Å². The highest BCUT2D eigenvalue weighted by atomic mass is 35.5. The van der Waals surface area contributed by atoms with Gasteiger partial charge in [-0.1, -0.05) is 17.7 Å². The third-order valence-corrected chi connectivity index (χ3v) is 3.91. The molecule has 1 heterocycles. The van der Waals surface area contributed by atoms with Gasteiger partial charge in [-0.2, -0.15) is 5.26 Å². The smallest absolute Gasteiger partial charge is 0.124 e. The molecule has 2 aromatic rings. The number of fused-ring (bicyclic) bond motifs is 1. The van der Waals surface area contributed by atoms with E-state index in [2.05, 4.69) is 0 Å². The second-order valence-corrected chi connectivity index (χ2v) is 4.81. The molecule has 2 rings (SSSR count). The van der Waals surface area contributed by atoms with Gasteiger partial charge in [-0.3, -0.25) is 0 Å². The maximum absolute atomic E-state index is 13.0. The topological polar surface area (TPSA) is 23.8 Å². The third-order valence-electron chi connectivity index (χ3n) is 2.20. The molecule has 1 aromatic heterocycles. The van der Waals surface area contributed by atoms with E-state index in [0.29, 0.717) is 10.6 Å². The molecule has 0 amide bonds. The number of hydrogen-bond acceptors (Lipinski definition) is 2. The van der Waals surface area contributed by atoms with Gasteiger partial charge in [0.15, 0.2) is 0 Å². The molecule has 0 atom stereocenters. The number of nitriles is 1.